The molecule has 0 aliphatic carbocycles. The van der Waals surface area contributed by atoms with E-state index in [1.807, 2.05) is 13.0 Å². The van der Waals surface area contributed by atoms with Crippen molar-refractivity contribution in [3.63, 3.8) is 0 Å². The minimum Gasteiger partial charge on any atom is -0.507 e. The van der Waals surface area contributed by atoms with E-state index in [1.165, 1.54) is 10.8 Å². The summed E-state index contributed by atoms with van der Waals surface area (Å²) < 4.78 is 14.6. The van der Waals surface area contributed by atoms with E-state index in [-0.39, 0.29) is 22.4 Å². The van der Waals surface area contributed by atoms with Crippen molar-refractivity contribution in [2.24, 2.45) is 0 Å². The highest BCUT2D eigenvalue weighted by Crippen LogP contribution is 2.22. The third kappa shape index (κ3) is 3.10. The number of halogens is 1. The van der Waals surface area contributed by atoms with E-state index in [9.17, 15) is 24.3 Å². The standard InChI is InChI=1S/C20H13FN2O3/c1-12-3-2-4-16(7-12)23-11-14(8-13(10-22)20(23)26)19(25)17-9-15(21)5-6-18(17)24/h2-9,11,24H,1H3. The number of hydrogen-bond donors (Lipinski definition) is 1. The average Bonchev–Trinajstić information content (AvgIpc) is 2.63. The molecule has 128 valence electrons. The Bertz CT molecular complexity index is 1130. The summed E-state index contributed by atoms with van der Waals surface area (Å²) in [5.41, 5.74) is 0.329. The molecule has 0 unspecified atom stereocenters. The van der Waals surface area contributed by atoms with Gasteiger partial charge in [0.15, 0.2) is 5.78 Å². The van der Waals surface area contributed by atoms with Crippen LogP contribution in [0.3, 0.4) is 0 Å². The van der Waals surface area contributed by atoms with Gasteiger partial charge in [-0.15, -0.1) is 0 Å². The van der Waals surface area contributed by atoms with Crippen molar-refractivity contribution in [2.75, 3.05) is 0 Å². The van der Waals surface area contributed by atoms with Crippen LogP contribution >= 0.6 is 0 Å². The van der Waals surface area contributed by atoms with Crippen molar-refractivity contribution < 1.29 is 14.3 Å². The first-order chi connectivity index (χ1) is 12.4. The Kier molecular flexibility index (Phi) is 4.38. The second-order valence-electron chi connectivity index (χ2n) is 5.76. The first-order valence-electron chi connectivity index (χ1n) is 7.68. The van der Waals surface area contributed by atoms with Crippen molar-refractivity contribution in [2.45, 2.75) is 6.92 Å². The van der Waals surface area contributed by atoms with Crippen molar-refractivity contribution in [1.82, 2.24) is 4.57 Å². The number of hydrogen-bond acceptors (Lipinski definition) is 4. The molecule has 0 radical (unpaired) electrons. The number of aromatic hydroxyl groups is 1. The van der Waals surface area contributed by atoms with Gasteiger partial charge in [-0.1, -0.05) is 12.1 Å². The van der Waals surface area contributed by atoms with E-state index in [2.05, 4.69) is 0 Å². The average molecular weight is 348 g/mol. The molecule has 0 amide bonds. The number of phenolic OH excluding ortho intramolecular Hbond substituents is 1. The van der Waals surface area contributed by atoms with Gasteiger partial charge in [-0.05, 0) is 48.9 Å². The number of rotatable bonds is 3. The van der Waals surface area contributed by atoms with Crippen LogP contribution in [-0.2, 0) is 0 Å². The second-order valence-corrected chi connectivity index (χ2v) is 5.76. The van der Waals surface area contributed by atoms with Gasteiger partial charge in [0.05, 0.1) is 5.56 Å². The summed E-state index contributed by atoms with van der Waals surface area (Å²) in [6, 6.07) is 12.9. The summed E-state index contributed by atoms with van der Waals surface area (Å²) in [6.07, 6.45) is 1.28. The van der Waals surface area contributed by atoms with Gasteiger partial charge in [-0.3, -0.25) is 14.2 Å². The molecule has 0 atom stereocenters. The van der Waals surface area contributed by atoms with Crippen LogP contribution < -0.4 is 5.56 Å². The lowest BCUT2D eigenvalue weighted by Crippen LogP contribution is -2.22. The number of carbonyl (C=O) groups excluding carboxylic acids is 1. The second kappa shape index (κ2) is 6.65. The lowest BCUT2D eigenvalue weighted by Gasteiger charge is -2.10. The molecular weight excluding hydrogens is 335 g/mol. The van der Waals surface area contributed by atoms with Crippen molar-refractivity contribution >= 4 is 5.78 Å². The van der Waals surface area contributed by atoms with Gasteiger partial charge < -0.3 is 5.11 Å². The van der Waals surface area contributed by atoms with Crippen LogP contribution in [0, 0.1) is 24.1 Å². The number of nitriles is 1. The first-order valence-corrected chi connectivity index (χ1v) is 7.68. The summed E-state index contributed by atoms with van der Waals surface area (Å²) in [5.74, 6) is -1.76. The molecule has 0 saturated carbocycles. The highest BCUT2D eigenvalue weighted by Gasteiger charge is 2.18. The molecule has 0 aliphatic heterocycles. The monoisotopic (exact) mass is 348 g/mol. The van der Waals surface area contributed by atoms with E-state index in [0.717, 1.165) is 29.8 Å². The lowest BCUT2D eigenvalue weighted by molar-refractivity contribution is 0.103. The summed E-state index contributed by atoms with van der Waals surface area (Å²) >= 11 is 0. The highest BCUT2D eigenvalue weighted by atomic mass is 19.1. The van der Waals surface area contributed by atoms with Crippen LogP contribution in [0.1, 0.15) is 27.0 Å². The van der Waals surface area contributed by atoms with Gasteiger partial charge in [0, 0.05) is 17.4 Å². The molecule has 0 spiro atoms. The zero-order valence-electron chi connectivity index (χ0n) is 13.7. The number of phenols is 1. The molecule has 1 N–H and O–H groups in total. The molecule has 26 heavy (non-hydrogen) atoms. The number of aryl methyl sites for hydroxylation is 1. The fourth-order valence-corrected chi connectivity index (χ4v) is 2.60. The van der Waals surface area contributed by atoms with Crippen LogP contribution in [0.4, 0.5) is 4.39 Å². The van der Waals surface area contributed by atoms with Gasteiger partial charge in [0.25, 0.3) is 5.56 Å². The third-order valence-electron chi connectivity index (χ3n) is 3.88. The van der Waals surface area contributed by atoms with E-state index in [0.29, 0.717) is 5.69 Å². The Hall–Kier alpha value is -3.72. The fraction of sp³-hybridized carbons (Fsp3) is 0.0500. The Morgan fingerprint density at radius 2 is 1.96 bits per heavy atom. The molecule has 3 aromatic rings. The van der Waals surface area contributed by atoms with E-state index >= 15 is 0 Å². The van der Waals surface area contributed by atoms with E-state index < -0.39 is 17.2 Å². The molecule has 0 bridgehead atoms. The fourth-order valence-electron chi connectivity index (χ4n) is 2.60. The van der Waals surface area contributed by atoms with Crippen molar-refractivity contribution in [1.29, 1.82) is 5.26 Å². The maximum Gasteiger partial charge on any atom is 0.273 e. The number of pyridine rings is 1. The maximum absolute atomic E-state index is 13.5. The van der Waals surface area contributed by atoms with Gasteiger partial charge >= 0.3 is 0 Å². The molecular formula is C20H13FN2O3. The molecule has 0 fully saturated rings. The Morgan fingerprint density at radius 1 is 1.19 bits per heavy atom. The molecule has 3 rings (SSSR count). The van der Waals surface area contributed by atoms with Crippen molar-refractivity contribution in [3.8, 4) is 17.5 Å². The number of ketones is 1. The predicted octanol–water partition coefficient (Wildman–Crippen LogP) is 3.09. The van der Waals surface area contributed by atoms with Gasteiger partial charge in [0.2, 0.25) is 0 Å². The zero-order chi connectivity index (χ0) is 18.8. The number of nitrogens with zero attached hydrogens (tertiary/aromatic N) is 2. The van der Waals surface area contributed by atoms with Crippen molar-refractivity contribution in [3.05, 3.63) is 93.2 Å². The number of carbonyl (C=O) groups is 1. The molecule has 1 heterocycles. The summed E-state index contributed by atoms with van der Waals surface area (Å²) in [7, 11) is 0. The van der Waals surface area contributed by atoms with Crippen LogP contribution in [0.5, 0.6) is 5.75 Å². The topological polar surface area (TPSA) is 83.1 Å². The molecule has 6 heteroatoms. The first kappa shape index (κ1) is 17.1. The van der Waals surface area contributed by atoms with Crippen LogP contribution in [0.15, 0.2) is 59.5 Å². The maximum atomic E-state index is 13.5. The summed E-state index contributed by atoms with van der Waals surface area (Å²) in [4.78, 5) is 25.2. The predicted molar refractivity (Wildman–Crippen MR) is 93.0 cm³/mol. The minimum absolute atomic E-state index is 0.0106. The Balaban J connectivity index is 2.22. The molecule has 1 aromatic heterocycles. The largest absolute Gasteiger partial charge is 0.507 e. The number of benzene rings is 2. The molecule has 0 saturated heterocycles. The Morgan fingerprint density at radius 3 is 2.65 bits per heavy atom. The third-order valence-corrected chi connectivity index (χ3v) is 3.88. The van der Waals surface area contributed by atoms with E-state index in [4.69, 9.17) is 0 Å². The SMILES string of the molecule is Cc1cccc(-n2cc(C(=O)c3cc(F)ccc3O)cc(C#N)c2=O)c1. The van der Waals surface area contributed by atoms with E-state index in [1.54, 1.807) is 24.3 Å². The zero-order valence-corrected chi connectivity index (χ0v) is 13.7. The molecule has 5 nitrogen and oxygen atoms in total. The van der Waals surface area contributed by atoms with Crippen LogP contribution in [0.2, 0.25) is 0 Å². The van der Waals surface area contributed by atoms with Gasteiger partial charge in [0.1, 0.15) is 23.2 Å². The minimum atomic E-state index is -0.695. The molecule has 0 aliphatic rings. The molecule has 2 aromatic carbocycles. The summed E-state index contributed by atoms with van der Waals surface area (Å²) in [6.45, 7) is 1.85. The Labute approximate surface area is 148 Å². The normalized spacial score (nSPS) is 10.3. The van der Waals surface area contributed by atoms with Crippen LogP contribution in [-0.4, -0.2) is 15.5 Å². The van der Waals surface area contributed by atoms with Gasteiger partial charge in [-0.25, -0.2) is 4.39 Å². The summed E-state index contributed by atoms with van der Waals surface area (Å²) in [5, 5.41) is 19.1. The highest BCUT2D eigenvalue weighted by molar-refractivity contribution is 6.10. The smallest absolute Gasteiger partial charge is 0.273 e. The quantitative estimate of drug-likeness (QED) is 0.737. The lowest BCUT2D eigenvalue weighted by atomic mass is 10.0. The number of aromatic nitrogens is 1. The van der Waals surface area contributed by atoms with Crippen LogP contribution in [0.25, 0.3) is 5.69 Å². The van der Waals surface area contributed by atoms with Gasteiger partial charge in [-0.2, -0.15) is 5.26 Å².